The van der Waals surface area contributed by atoms with Crippen LogP contribution in [0.5, 0.6) is 0 Å². The Kier molecular flexibility index (Phi) is 6.12. The van der Waals surface area contributed by atoms with Gasteiger partial charge >= 0.3 is 0 Å². The average Bonchev–Trinajstić information content (AvgIpc) is 2.25. The molecular weight excluding hydrogens is 198 g/mol. The number of morpholine rings is 1. The fourth-order valence-electron chi connectivity index (χ4n) is 1.50. The van der Waals surface area contributed by atoms with E-state index in [4.69, 9.17) is 18.9 Å². The highest BCUT2D eigenvalue weighted by atomic mass is 16.7. The van der Waals surface area contributed by atoms with E-state index in [0.717, 1.165) is 13.1 Å². The molecule has 0 saturated carbocycles. The Morgan fingerprint density at radius 3 is 2.67 bits per heavy atom. The molecule has 0 aliphatic carbocycles. The van der Waals surface area contributed by atoms with Gasteiger partial charge in [0.1, 0.15) is 0 Å². The summed E-state index contributed by atoms with van der Waals surface area (Å²) in [5.74, 6) is 0. The van der Waals surface area contributed by atoms with Gasteiger partial charge in [-0.2, -0.15) is 0 Å². The van der Waals surface area contributed by atoms with E-state index in [9.17, 15) is 0 Å². The minimum atomic E-state index is -0.293. The molecule has 90 valence electrons. The monoisotopic (exact) mass is 219 g/mol. The highest BCUT2D eigenvalue weighted by Gasteiger charge is 2.19. The normalized spacial score (nSPS) is 27.2. The Labute approximate surface area is 91.0 Å². The molecule has 1 aliphatic heterocycles. The molecule has 2 atom stereocenters. The van der Waals surface area contributed by atoms with E-state index in [2.05, 4.69) is 5.32 Å². The van der Waals surface area contributed by atoms with Crippen LogP contribution in [0.15, 0.2) is 0 Å². The van der Waals surface area contributed by atoms with Gasteiger partial charge in [-0.15, -0.1) is 0 Å². The molecule has 0 aromatic heterocycles. The van der Waals surface area contributed by atoms with Crippen molar-refractivity contribution in [3.8, 4) is 0 Å². The third-order valence-electron chi connectivity index (χ3n) is 2.31. The molecule has 0 spiro atoms. The number of ether oxygens (including phenoxy) is 4. The van der Waals surface area contributed by atoms with E-state index in [0.29, 0.717) is 13.2 Å². The molecule has 1 fully saturated rings. The summed E-state index contributed by atoms with van der Waals surface area (Å²) in [4.78, 5) is 0. The van der Waals surface area contributed by atoms with Crippen molar-refractivity contribution >= 4 is 0 Å². The zero-order chi connectivity index (χ0) is 11.1. The van der Waals surface area contributed by atoms with Crippen LogP contribution < -0.4 is 5.32 Å². The Hall–Kier alpha value is -0.200. The zero-order valence-corrected chi connectivity index (χ0v) is 9.69. The van der Waals surface area contributed by atoms with Gasteiger partial charge in [0.15, 0.2) is 6.29 Å². The SMILES string of the molecule is COC(COCC1CNCC(C)O1)OC. The fourth-order valence-corrected chi connectivity index (χ4v) is 1.50. The number of hydrogen-bond acceptors (Lipinski definition) is 5. The summed E-state index contributed by atoms with van der Waals surface area (Å²) in [6.45, 7) is 4.80. The Bertz CT molecular complexity index is 164. The maximum absolute atomic E-state index is 5.67. The Balaban J connectivity index is 2.08. The highest BCUT2D eigenvalue weighted by Crippen LogP contribution is 2.04. The second-order valence-electron chi connectivity index (χ2n) is 3.67. The summed E-state index contributed by atoms with van der Waals surface area (Å²) in [5.41, 5.74) is 0. The third kappa shape index (κ3) is 4.90. The summed E-state index contributed by atoms with van der Waals surface area (Å²) in [5, 5.41) is 3.28. The predicted octanol–water partition coefficient (Wildman–Crippen LogP) is -0.00120. The fraction of sp³-hybridized carbons (Fsp3) is 1.00. The number of methoxy groups -OCH3 is 2. The first-order chi connectivity index (χ1) is 7.26. The molecule has 15 heavy (non-hydrogen) atoms. The first-order valence-corrected chi connectivity index (χ1v) is 5.25. The zero-order valence-electron chi connectivity index (χ0n) is 9.69. The summed E-state index contributed by atoms with van der Waals surface area (Å²) >= 11 is 0. The third-order valence-corrected chi connectivity index (χ3v) is 2.31. The van der Waals surface area contributed by atoms with Crippen molar-refractivity contribution in [3.05, 3.63) is 0 Å². The minimum absolute atomic E-state index is 0.128. The van der Waals surface area contributed by atoms with E-state index in [-0.39, 0.29) is 18.5 Å². The van der Waals surface area contributed by atoms with E-state index < -0.39 is 0 Å². The van der Waals surface area contributed by atoms with E-state index >= 15 is 0 Å². The lowest BCUT2D eigenvalue weighted by Crippen LogP contribution is -2.45. The van der Waals surface area contributed by atoms with Crippen LogP contribution in [0.2, 0.25) is 0 Å². The van der Waals surface area contributed by atoms with E-state index in [1.165, 1.54) is 0 Å². The van der Waals surface area contributed by atoms with Gasteiger partial charge in [-0.05, 0) is 6.92 Å². The van der Waals surface area contributed by atoms with Crippen molar-refractivity contribution in [1.82, 2.24) is 5.32 Å². The maximum Gasteiger partial charge on any atom is 0.180 e. The lowest BCUT2D eigenvalue weighted by atomic mass is 10.2. The molecule has 0 radical (unpaired) electrons. The van der Waals surface area contributed by atoms with E-state index in [1.54, 1.807) is 14.2 Å². The molecule has 1 rings (SSSR count). The molecule has 1 aliphatic rings. The molecule has 0 bridgehead atoms. The number of nitrogens with one attached hydrogen (secondary N) is 1. The van der Waals surface area contributed by atoms with Crippen LogP contribution in [0.1, 0.15) is 6.92 Å². The molecular formula is C10H21NO4. The van der Waals surface area contributed by atoms with Crippen molar-refractivity contribution < 1.29 is 18.9 Å². The molecule has 0 amide bonds. The van der Waals surface area contributed by atoms with Gasteiger partial charge in [0.2, 0.25) is 0 Å². The van der Waals surface area contributed by atoms with Gasteiger partial charge in [0.25, 0.3) is 0 Å². The minimum Gasteiger partial charge on any atom is -0.373 e. The smallest absolute Gasteiger partial charge is 0.180 e. The molecule has 5 nitrogen and oxygen atoms in total. The van der Waals surface area contributed by atoms with Gasteiger partial charge in [-0.3, -0.25) is 0 Å². The van der Waals surface area contributed by atoms with Crippen molar-refractivity contribution in [3.63, 3.8) is 0 Å². The number of rotatable bonds is 6. The van der Waals surface area contributed by atoms with Crippen LogP contribution in [0.3, 0.4) is 0 Å². The van der Waals surface area contributed by atoms with Gasteiger partial charge in [-0.1, -0.05) is 0 Å². The van der Waals surface area contributed by atoms with Crippen LogP contribution in [-0.4, -0.2) is 59.0 Å². The lowest BCUT2D eigenvalue weighted by Gasteiger charge is -2.28. The van der Waals surface area contributed by atoms with E-state index in [1.807, 2.05) is 6.92 Å². The molecule has 1 N–H and O–H groups in total. The highest BCUT2D eigenvalue weighted by molar-refractivity contribution is 4.71. The first kappa shape index (κ1) is 12.9. The second-order valence-corrected chi connectivity index (χ2v) is 3.67. The summed E-state index contributed by atoms with van der Waals surface area (Å²) in [6.07, 6.45) is 0.0927. The standard InChI is InChI=1S/C10H21NO4/c1-8-4-11-5-9(15-8)6-14-7-10(12-2)13-3/h8-11H,4-7H2,1-3H3. The Morgan fingerprint density at radius 1 is 1.33 bits per heavy atom. The van der Waals surface area contributed by atoms with Gasteiger partial charge < -0.3 is 24.3 Å². The van der Waals surface area contributed by atoms with Gasteiger partial charge in [0.05, 0.1) is 25.4 Å². The van der Waals surface area contributed by atoms with Crippen molar-refractivity contribution in [2.45, 2.75) is 25.4 Å². The van der Waals surface area contributed by atoms with Crippen LogP contribution in [0, 0.1) is 0 Å². The average molecular weight is 219 g/mol. The van der Waals surface area contributed by atoms with Gasteiger partial charge in [-0.25, -0.2) is 0 Å². The molecule has 1 saturated heterocycles. The topological polar surface area (TPSA) is 49.0 Å². The van der Waals surface area contributed by atoms with Crippen molar-refractivity contribution in [2.24, 2.45) is 0 Å². The lowest BCUT2D eigenvalue weighted by molar-refractivity contribution is -0.153. The number of hydrogen-bond donors (Lipinski definition) is 1. The maximum atomic E-state index is 5.67. The summed E-state index contributed by atoms with van der Waals surface area (Å²) < 4.78 is 21.1. The van der Waals surface area contributed by atoms with Crippen LogP contribution in [-0.2, 0) is 18.9 Å². The van der Waals surface area contributed by atoms with Crippen LogP contribution in [0.25, 0.3) is 0 Å². The molecule has 0 aromatic carbocycles. The van der Waals surface area contributed by atoms with Gasteiger partial charge in [0, 0.05) is 27.3 Å². The molecule has 0 aromatic rings. The molecule has 5 heteroatoms. The van der Waals surface area contributed by atoms with Crippen molar-refractivity contribution in [2.75, 3.05) is 40.5 Å². The largest absolute Gasteiger partial charge is 0.373 e. The predicted molar refractivity (Wildman–Crippen MR) is 55.8 cm³/mol. The molecule has 1 heterocycles. The second kappa shape index (κ2) is 7.14. The van der Waals surface area contributed by atoms with Crippen LogP contribution >= 0.6 is 0 Å². The van der Waals surface area contributed by atoms with Crippen molar-refractivity contribution in [1.29, 1.82) is 0 Å². The molecule has 2 unspecified atom stereocenters. The summed E-state index contributed by atoms with van der Waals surface area (Å²) in [6, 6.07) is 0. The quantitative estimate of drug-likeness (QED) is 0.637. The summed E-state index contributed by atoms with van der Waals surface area (Å²) in [7, 11) is 3.19. The van der Waals surface area contributed by atoms with Crippen LogP contribution in [0.4, 0.5) is 0 Å². The first-order valence-electron chi connectivity index (χ1n) is 5.25. The Morgan fingerprint density at radius 2 is 2.07 bits per heavy atom.